The van der Waals surface area contributed by atoms with Crippen LogP contribution in [0.3, 0.4) is 0 Å². The normalized spacial score (nSPS) is 14.8. The standard InChI is InChI=1S/C10H19NO2/c1-5-7(2)9(4)11-10(13)6-8(3)12/h7,9H,5-6H2,1-4H3,(H,11,13). The highest BCUT2D eigenvalue weighted by atomic mass is 16.2. The second-order valence-electron chi connectivity index (χ2n) is 3.62. The zero-order valence-electron chi connectivity index (χ0n) is 8.89. The molecule has 0 aliphatic rings. The van der Waals surface area contributed by atoms with Gasteiger partial charge in [0.05, 0.1) is 6.42 Å². The molecule has 2 unspecified atom stereocenters. The molecule has 0 bridgehead atoms. The number of nitrogens with one attached hydrogen (secondary N) is 1. The minimum absolute atomic E-state index is 0.000768. The Labute approximate surface area is 79.9 Å². The van der Waals surface area contributed by atoms with Crippen molar-refractivity contribution in [1.82, 2.24) is 5.32 Å². The predicted molar refractivity (Wildman–Crippen MR) is 52.4 cm³/mol. The Morgan fingerprint density at radius 3 is 2.23 bits per heavy atom. The van der Waals surface area contributed by atoms with Crippen LogP contribution >= 0.6 is 0 Å². The van der Waals surface area contributed by atoms with E-state index in [1.165, 1.54) is 6.92 Å². The molecular weight excluding hydrogens is 166 g/mol. The van der Waals surface area contributed by atoms with Crippen molar-refractivity contribution < 1.29 is 9.59 Å². The minimum Gasteiger partial charge on any atom is -0.353 e. The molecule has 0 spiro atoms. The zero-order chi connectivity index (χ0) is 10.4. The molecule has 3 heteroatoms. The molecule has 0 aliphatic carbocycles. The molecule has 1 N–H and O–H groups in total. The Bertz CT molecular complexity index is 189. The van der Waals surface area contributed by atoms with Gasteiger partial charge in [0.25, 0.3) is 0 Å². The van der Waals surface area contributed by atoms with Gasteiger partial charge in [-0.2, -0.15) is 0 Å². The number of amides is 1. The van der Waals surface area contributed by atoms with Gasteiger partial charge in [0.1, 0.15) is 5.78 Å². The van der Waals surface area contributed by atoms with Gasteiger partial charge in [-0.3, -0.25) is 9.59 Å². The lowest BCUT2D eigenvalue weighted by Crippen LogP contribution is -2.37. The Morgan fingerprint density at radius 1 is 1.31 bits per heavy atom. The van der Waals surface area contributed by atoms with E-state index in [0.29, 0.717) is 5.92 Å². The van der Waals surface area contributed by atoms with Gasteiger partial charge in [-0.05, 0) is 19.8 Å². The molecule has 0 radical (unpaired) electrons. The lowest BCUT2D eigenvalue weighted by atomic mass is 10.0. The van der Waals surface area contributed by atoms with Crippen molar-refractivity contribution in [2.45, 2.75) is 46.6 Å². The fraction of sp³-hybridized carbons (Fsp3) is 0.800. The molecule has 76 valence electrons. The summed E-state index contributed by atoms with van der Waals surface area (Å²) in [6.45, 7) is 7.55. The van der Waals surface area contributed by atoms with Crippen LogP contribution in [0.5, 0.6) is 0 Å². The van der Waals surface area contributed by atoms with E-state index in [9.17, 15) is 9.59 Å². The molecule has 13 heavy (non-hydrogen) atoms. The van der Waals surface area contributed by atoms with Crippen LogP contribution < -0.4 is 5.32 Å². The van der Waals surface area contributed by atoms with Gasteiger partial charge in [-0.25, -0.2) is 0 Å². The number of hydrogen-bond acceptors (Lipinski definition) is 2. The second kappa shape index (κ2) is 5.73. The number of ketones is 1. The monoisotopic (exact) mass is 185 g/mol. The van der Waals surface area contributed by atoms with Crippen molar-refractivity contribution in [3.05, 3.63) is 0 Å². The van der Waals surface area contributed by atoms with Crippen LogP contribution in [0.4, 0.5) is 0 Å². The van der Waals surface area contributed by atoms with E-state index in [2.05, 4.69) is 19.2 Å². The first-order chi connectivity index (χ1) is 5.97. The molecule has 0 saturated heterocycles. The van der Waals surface area contributed by atoms with E-state index in [1.807, 2.05) is 6.92 Å². The fourth-order valence-electron chi connectivity index (χ4n) is 1.03. The molecule has 1 amide bonds. The molecule has 3 nitrogen and oxygen atoms in total. The number of carbonyl (C=O) groups excluding carboxylic acids is 2. The van der Waals surface area contributed by atoms with Crippen LogP contribution in [-0.2, 0) is 9.59 Å². The number of rotatable bonds is 5. The van der Waals surface area contributed by atoms with Crippen LogP contribution in [0.15, 0.2) is 0 Å². The topological polar surface area (TPSA) is 46.2 Å². The van der Waals surface area contributed by atoms with Crippen LogP contribution in [0, 0.1) is 5.92 Å². The van der Waals surface area contributed by atoms with E-state index in [0.717, 1.165) is 6.42 Å². The van der Waals surface area contributed by atoms with E-state index in [4.69, 9.17) is 0 Å². The van der Waals surface area contributed by atoms with E-state index in [-0.39, 0.29) is 24.2 Å². The number of hydrogen-bond donors (Lipinski definition) is 1. The average Bonchev–Trinajstić information content (AvgIpc) is 2.01. The maximum atomic E-state index is 11.2. The zero-order valence-corrected chi connectivity index (χ0v) is 8.89. The highest BCUT2D eigenvalue weighted by Gasteiger charge is 2.13. The van der Waals surface area contributed by atoms with Gasteiger partial charge >= 0.3 is 0 Å². The van der Waals surface area contributed by atoms with Crippen molar-refractivity contribution in [2.75, 3.05) is 0 Å². The lowest BCUT2D eigenvalue weighted by molar-refractivity contribution is -0.127. The molecule has 0 aromatic rings. The molecular formula is C10H19NO2. The maximum Gasteiger partial charge on any atom is 0.227 e. The average molecular weight is 185 g/mol. The molecule has 0 fully saturated rings. The van der Waals surface area contributed by atoms with Crippen molar-refractivity contribution in [3.63, 3.8) is 0 Å². The maximum absolute atomic E-state index is 11.2. The summed E-state index contributed by atoms with van der Waals surface area (Å²) < 4.78 is 0. The Kier molecular flexibility index (Phi) is 5.35. The third-order valence-electron chi connectivity index (χ3n) is 2.30. The SMILES string of the molecule is CCC(C)C(C)NC(=O)CC(C)=O. The second-order valence-corrected chi connectivity index (χ2v) is 3.62. The molecule has 0 saturated carbocycles. The van der Waals surface area contributed by atoms with Gasteiger partial charge in [0.15, 0.2) is 0 Å². The molecule has 2 atom stereocenters. The predicted octanol–water partition coefficient (Wildman–Crippen LogP) is 1.52. The van der Waals surface area contributed by atoms with Crippen molar-refractivity contribution in [2.24, 2.45) is 5.92 Å². The number of Topliss-reactive ketones (excluding diaryl/α,β-unsaturated/α-hetero) is 1. The summed E-state index contributed by atoms with van der Waals surface area (Å²) in [5.41, 5.74) is 0. The highest BCUT2D eigenvalue weighted by Crippen LogP contribution is 2.06. The third-order valence-corrected chi connectivity index (χ3v) is 2.30. The van der Waals surface area contributed by atoms with Gasteiger partial charge in [-0.15, -0.1) is 0 Å². The number of carbonyl (C=O) groups is 2. The van der Waals surface area contributed by atoms with Crippen LogP contribution in [0.2, 0.25) is 0 Å². The summed E-state index contributed by atoms with van der Waals surface area (Å²) in [7, 11) is 0. The summed E-state index contributed by atoms with van der Waals surface area (Å²) in [6.07, 6.45) is 1.03. The highest BCUT2D eigenvalue weighted by molar-refractivity contribution is 5.96. The summed E-state index contributed by atoms with van der Waals surface area (Å²) in [6, 6.07) is 0.150. The molecule has 0 aromatic carbocycles. The molecule has 0 rings (SSSR count). The summed E-state index contributed by atoms with van der Waals surface area (Å²) in [5, 5.41) is 2.80. The molecule has 0 heterocycles. The van der Waals surface area contributed by atoms with Crippen molar-refractivity contribution in [1.29, 1.82) is 0 Å². The van der Waals surface area contributed by atoms with Crippen molar-refractivity contribution in [3.8, 4) is 0 Å². The summed E-state index contributed by atoms with van der Waals surface area (Å²) in [4.78, 5) is 21.8. The third kappa shape index (κ3) is 5.39. The molecule has 0 aromatic heterocycles. The Hall–Kier alpha value is -0.860. The van der Waals surface area contributed by atoms with Gasteiger partial charge < -0.3 is 5.32 Å². The quantitative estimate of drug-likeness (QED) is 0.660. The largest absolute Gasteiger partial charge is 0.353 e. The van der Waals surface area contributed by atoms with Gasteiger partial charge in [0.2, 0.25) is 5.91 Å². The van der Waals surface area contributed by atoms with E-state index < -0.39 is 0 Å². The van der Waals surface area contributed by atoms with Gasteiger partial charge in [-0.1, -0.05) is 20.3 Å². The van der Waals surface area contributed by atoms with E-state index >= 15 is 0 Å². The van der Waals surface area contributed by atoms with E-state index in [1.54, 1.807) is 0 Å². The van der Waals surface area contributed by atoms with Gasteiger partial charge in [0, 0.05) is 6.04 Å². The first-order valence-electron chi connectivity index (χ1n) is 4.76. The summed E-state index contributed by atoms with van der Waals surface area (Å²) in [5.74, 6) is 0.199. The minimum atomic E-state index is -0.166. The lowest BCUT2D eigenvalue weighted by Gasteiger charge is -2.19. The Morgan fingerprint density at radius 2 is 1.85 bits per heavy atom. The fourth-order valence-corrected chi connectivity index (χ4v) is 1.03. The van der Waals surface area contributed by atoms with Crippen LogP contribution in [0.1, 0.15) is 40.5 Å². The van der Waals surface area contributed by atoms with Crippen LogP contribution in [0.25, 0.3) is 0 Å². The first-order valence-corrected chi connectivity index (χ1v) is 4.76. The smallest absolute Gasteiger partial charge is 0.227 e. The molecule has 0 aliphatic heterocycles. The van der Waals surface area contributed by atoms with Crippen LogP contribution in [-0.4, -0.2) is 17.7 Å². The van der Waals surface area contributed by atoms with Crippen molar-refractivity contribution >= 4 is 11.7 Å². The summed E-state index contributed by atoms with van der Waals surface area (Å²) >= 11 is 0. The Balaban J connectivity index is 3.84. The first kappa shape index (κ1) is 12.1.